The molecule has 1 unspecified atom stereocenters. The molecule has 23 heavy (non-hydrogen) atoms. The maximum atomic E-state index is 11.9. The minimum Gasteiger partial charge on any atom is -0.467 e. The molecule has 2 rings (SSSR count). The number of anilines is 1. The Kier molecular flexibility index (Phi) is 5.54. The highest BCUT2D eigenvalue weighted by atomic mass is 16.5. The summed E-state index contributed by atoms with van der Waals surface area (Å²) >= 11 is 0. The topological polar surface area (TPSA) is 80.6 Å². The van der Waals surface area contributed by atoms with Crippen molar-refractivity contribution in [1.29, 1.82) is 0 Å². The average molecular weight is 316 g/mol. The summed E-state index contributed by atoms with van der Waals surface area (Å²) in [6.07, 6.45) is 1.08. The van der Waals surface area contributed by atoms with E-state index in [1.165, 1.54) is 13.4 Å². The smallest absolute Gasteiger partial charge is 0.313 e. The molecule has 0 aliphatic rings. The van der Waals surface area contributed by atoms with Gasteiger partial charge in [-0.1, -0.05) is 6.07 Å². The number of carbonyl (C=O) groups excluding carboxylic acids is 2. The van der Waals surface area contributed by atoms with Crippen molar-refractivity contribution in [3.63, 3.8) is 0 Å². The Morgan fingerprint density at radius 2 is 1.96 bits per heavy atom. The van der Waals surface area contributed by atoms with Crippen LogP contribution in [-0.4, -0.2) is 25.5 Å². The van der Waals surface area contributed by atoms with Gasteiger partial charge < -0.3 is 19.8 Å². The summed E-state index contributed by atoms with van der Waals surface area (Å²) in [6.45, 7) is 4.06. The fourth-order valence-electron chi connectivity index (χ4n) is 2.05. The van der Waals surface area contributed by atoms with Gasteiger partial charge in [0.05, 0.1) is 12.8 Å². The Morgan fingerprint density at radius 1 is 1.17 bits per heavy atom. The van der Waals surface area contributed by atoms with E-state index in [0.717, 1.165) is 11.1 Å². The van der Waals surface area contributed by atoms with Crippen LogP contribution in [0, 0.1) is 13.8 Å². The molecular formula is C17H20N2O4. The summed E-state index contributed by atoms with van der Waals surface area (Å²) in [5.74, 6) is -0.859. The monoisotopic (exact) mass is 316 g/mol. The predicted octanol–water partition coefficient (Wildman–Crippen LogP) is 2.34. The van der Waals surface area contributed by atoms with Crippen molar-refractivity contribution in [3.8, 4) is 0 Å². The summed E-state index contributed by atoms with van der Waals surface area (Å²) in [6, 6.07) is 8.95. The zero-order valence-corrected chi connectivity index (χ0v) is 13.4. The van der Waals surface area contributed by atoms with Crippen molar-refractivity contribution < 1.29 is 18.7 Å². The first-order valence-electron chi connectivity index (χ1n) is 7.24. The molecule has 1 aromatic carbocycles. The van der Waals surface area contributed by atoms with Crippen molar-refractivity contribution in [2.75, 3.05) is 19.0 Å². The molecule has 2 amide bonds. The van der Waals surface area contributed by atoms with Crippen LogP contribution < -0.4 is 10.6 Å². The first-order chi connectivity index (χ1) is 11.0. The Hall–Kier alpha value is -2.60. The summed E-state index contributed by atoms with van der Waals surface area (Å²) in [4.78, 5) is 23.8. The lowest BCUT2D eigenvalue weighted by Crippen LogP contribution is -2.37. The molecule has 2 aromatic rings. The van der Waals surface area contributed by atoms with E-state index in [1.54, 1.807) is 18.2 Å². The van der Waals surface area contributed by atoms with E-state index in [9.17, 15) is 9.59 Å². The largest absolute Gasteiger partial charge is 0.467 e. The number of amides is 2. The van der Waals surface area contributed by atoms with Crippen molar-refractivity contribution in [2.45, 2.75) is 20.0 Å². The zero-order valence-electron chi connectivity index (χ0n) is 13.4. The van der Waals surface area contributed by atoms with Crippen LogP contribution in [0.25, 0.3) is 0 Å². The molecule has 0 aliphatic carbocycles. The average Bonchev–Trinajstić information content (AvgIpc) is 3.05. The van der Waals surface area contributed by atoms with Crippen molar-refractivity contribution in [1.82, 2.24) is 5.32 Å². The number of carbonyl (C=O) groups is 2. The molecule has 0 saturated heterocycles. The lowest BCUT2D eigenvalue weighted by atomic mass is 10.1. The van der Waals surface area contributed by atoms with Crippen LogP contribution in [0.3, 0.4) is 0 Å². The third-order valence-electron chi connectivity index (χ3n) is 3.56. The lowest BCUT2D eigenvalue weighted by molar-refractivity contribution is -0.136. The Balaban J connectivity index is 1.89. The molecule has 0 aliphatic heterocycles. The third-order valence-corrected chi connectivity index (χ3v) is 3.56. The minimum absolute atomic E-state index is 0.142. The first kappa shape index (κ1) is 16.8. The van der Waals surface area contributed by atoms with E-state index < -0.39 is 17.9 Å². The van der Waals surface area contributed by atoms with Gasteiger partial charge in [-0.25, -0.2) is 0 Å². The maximum Gasteiger partial charge on any atom is 0.313 e. The number of ether oxygens (including phenoxy) is 1. The van der Waals surface area contributed by atoms with Gasteiger partial charge in [0.25, 0.3) is 0 Å². The van der Waals surface area contributed by atoms with Crippen LogP contribution in [0.4, 0.5) is 5.69 Å². The van der Waals surface area contributed by atoms with Crippen LogP contribution >= 0.6 is 0 Å². The molecule has 0 spiro atoms. The third kappa shape index (κ3) is 4.43. The molecule has 122 valence electrons. The number of hydrogen-bond donors (Lipinski definition) is 2. The predicted molar refractivity (Wildman–Crippen MR) is 86.0 cm³/mol. The summed E-state index contributed by atoms with van der Waals surface area (Å²) < 4.78 is 10.5. The number of nitrogens with one attached hydrogen (secondary N) is 2. The van der Waals surface area contributed by atoms with E-state index in [4.69, 9.17) is 9.15 Å². The number of rotatable bonds is 5. The van der Waals surface area contributed by atoms with Crippen LogP contribution in [0.2, 0.25) is 0 Å². The summed E-state index contributed by atoms with van der Waals surface area (Å²) in [5.41, 5.74) is 2.75. The van der Waals surface area contributed by atoms with Crippen LogP contribution in [0.15, 0.2) is 41.0 Å². The fraction of sp³-hybridized carbons (Fsp3) is 0.294. The van der Waals surface area contributed by atoms with E-state index in [0.29, 0.717) is 11.4 Å². The normalized spacial score (nSPS) is 11.8. The second-order valence-corrected chi connectivity index (χ2v) is 5.20. The standard InChI is InChI=1S/C17H20N2O4/c1-11-6-7-13(9-12(11)2)19-17(21)16(20)18-10-15(22-3)14-5-4-8-23-14/h4-9,15H,10H2,1-3H3,(H,18,20)(H,19,21). The number of furan rings is 1. The van der Waals surface area contributed by atoms with Gasteiger partial charge >= 0.3 is 11.8 Å². The molecule has 0 radical (unpaired) electrons. The molecule has 0 fully saturated rings. The molecular weight excluding hydrogens is 296 g/mol. The van der Waals surface area contributed by atoms with Gasteiger partial charge in [-0.2, -0.15) is 0 Å². The summed E-state index contributed by atoms with van der Waals surface area (Å²) in [7, 11) is 1.51. The van der Waals surface area contributed by atoms with E-state index in [2.05, 4.69) is 10.6 Å². The Bertz CT molecular complexity index is 680. The number of benzene rings is 1. The fourth-order valence-corrected chi connectivity index (χ4v) is 2.05. The van der Waals surface area contributed by atoms with Crippen molar-refractivity contribution in [2.24, 2.45) is 0 Å². The van der Waals surface area contributed by atoms with Gasteiger partial charge in [0.15, 0.2) is 0 Å². The van der Waals surface area contributed by atoms with Crippen LogP contribution in [-0.2, 0) is 14.3 Å². The Labute approximate surface area is 134 Å². The van der Waals surface area contributed by atoms with E-state index >= 15 is 0 Å². The van der Waals surface area contributed by atoms with Gasteiger partial charge in [0, 0.05) is 12.8 Å². The van der Waals surface area contributed by atoms with Gasteiger partial charge in [-0.05, 0) is 49.2 Å². The highest BCUT2D eigenvalue weighted by molar-refractivity contribution is 6.39. The molecule has 1 atom stereocenters. The van der Waals surface area contributed by atoms with Gasteiger partial charge in [-0.3, -0.25) is 9.59 Å². The molecule has 6 nitrogen and oxygen atoms in total. The molecule has 1 aromatic heterocycles. The van der Waals surface area contributed by atoms with Crippen LogP contribution in [0.1, 0.15) is 23.0 Å². The molecule has 0 bridgehead atoms. The lowest BCUT2D eigenvalue weighted by Gasteiger charge is -2.13. The zero-order chi connectivity index (χ0) is 16.8. The second-order valence-electron chi connectivity index (χ2n) is 5.20. The van der Waals surface area contributed by atoms with Crippen LogP contribution in [0.5, 0.6) is 0 Å². The Morgan fingerprint density at radius 3 is 2.57 bits per heavy atom. The quantitative estimate of drug-likeness (QED) is 0.830. The second kappa shape index (κ2) is 7.60. The molecule has 2 N–H and O–H groups in total. The SMILES string of the molecule is COC(CNC(=O)C(=O)Nc1ccc(C)c(C)c1)c1ccco1. The first-order valence-corrected chi connectivity index (χ1v) is 7.24. The maximum absolute atomic E-state index is 11.9. The van der Waals surface area contributed by atoms with E-state index in [-0.39, 0.29) is 6.54 Å². The molecule has 6 heteroatoms. The number of hydrogen-bond acceptors (Lipinski definition) is 4. The highest BCUT2D eigenvalue weighted by Crippen LogP contribution is 2.16. The van der Waals surface area contributed by atoms with Gasteiger partial charge in [0.2, 0.25) is 0 Å². The van der Waals surface area contributed by atoms with Crippen molar-refractivity contribution in [3.05, 3.63) is 53.5 Å². The number of aryl methyl sites for hydroxylation is 2. The van der Waals surface area contributed by atoms with Gasteiger partial charge in [-0.15, -0.1) is 0 Å². The van der Waals surface area contributed by atoms with Gasteiger partial charge in [0.1, 0.15) is 11.9 Å². The highest BCUT2D eigenvalue weighted by Gasteiger charge is 2.18. The van der Waals surface area contributed by atoms with E-state index in [1.807, 2.05) is 26.0 Å². The summed E-state index contributed by atoms with van der Waals surface area (Å²) in [5, 5.41) is 5.10. The molecule has 1 heterocycles. The minimum atomic E-state index is -0.725. The molecule has 0 saturated carbocycles. The number of methoxy groups -OCH3 is 1. The van der Waals surface area contributed by atoms with Crippen molar-refractivity contribution >= 4 is 17.5 Å².